The van der Waals surface area contributed by atoms with Gasteiger partial charge >= 0.3 is 5.69 Å². The average Bonchev–Trinajstić information content (AvgIpc) is 2.98. The quantitative estimate of drug-likeness (QED) is 0.802. The van der Waals surface area contributed by atoms with Crippen LogP contribution in [0, 0.1) is 0 Å². The van der Waals surface area contributed by atoms with Gasteiger partial charge in [0.15, 0.2) is 0 Å². The summed E-state index contributed by atoms with van der Waals surface area (Å²) in [5, 5.41) is 1.90. The molecule has 0 atom stereocenters. The van der Waals surface area contributed by atoms with E-state index in [-0.39, 0.29) is 17.8 Å². The molecule has 0 saturated carbocycles. The van der Waals surface area contributed by atoms with Gasteiger partial charge in [0.05, 0.1) is 12.1 Å². The minimum atomic E-state index is -0.390. The average molecular weight is 284 g/mol. The molecule has 20 heavy (non-hydrogen) atoms. The van der Waals surface area contributed by atoms with Crippen LogP contribution in [-0.4, -0.2) is 9.55 Å². The Morgan fingerprint density at radius 1 is 1.05 bits per heavy atom. The van der Waals surface area contributed by atoms with Crippen LogP contribution in [0.5, 0.6) is 0 Å². The van der Waals surface area contributed by atoms with Crippen LogP contribution in [0.4, 0.5) is 0 Å². The molecule has 0 bridgehead atoms. The number of aromatic nitrogens is 2. The number of benzene rings is 1. The van der Waals surface area contributed by atoms with E-state index in [0.29, 0.717) is 5.56 Å². The van der Waals surface area contributed by atoms with Gasteiger partial charge in [-0.15, -0.1) is 11.3 Å². The third kappa shape index (κ3) is 2.35. The van der Waals surface area contributed by atoms with Gasteiger partial charge in [-0.25, -0.2) is 4.79 Å². The number of nitrogens with one attached hydrogen (secondary N) is 1. The summed E-state index contributed by atoms with van der Waals surface area (Å²) in [5.74, 6) is 0. The fourth-order valence-electron chi connectivity index (χ4n) is 2.03. The molecule has 1 N–H and O–H groups in total. The maximum absolute atomic E-state index is 12.4. The predicted molar refractivity (Wildman–Crippen MR) is 80.2 cm³/mol. The zero-order valence-electron chi connectivity index (χ0n) is 10.6. The minimum Gasteiger partial charge on any atom is -0.313 e. The fraction of sp³-hybridized carbons (Fsp3) is 0.0667. The van der Waals surface area contributed by atoms with Crippen LogP contribution in [0.25, 0.3) is 10.4 Å². The van der Waals surface area contributed by atoms with E-state index in [0.717, 1.165) is 10.4 Å². The predicted octanol–water partition coefficient (Wildman–Crippen LogP) is 2.31. The van der Waals surface area contributed by atoms with Crippen molar-refractivity contribution in [1.82, 2.24) is 9.55 Å². The molecule has 0 radical (unpaired) electrons. The monoisotopic (exact) mass is 284 g/mol. The first-order chi connectivity index (χ1) is 9.75. The first-order valence-corrected chi connectivity index (χ1v) is 7.04. The SMILES string of the molecule is O=c1[nH]cc(-c2cccs2)c(=O)n1Cc1ccccc1. The molecule has 3 rings (SSSR count). The van der Waals surface area contributed by atoms with E-state index in [1.807, 2.05) is 47.8 Å². The molecular formula is C15H12N2O2S. The largest absolute Gasteiger partial charge is 0.328 e. The lowest BCUT2D eigenvalue weighted by Crippen LogP contribution is -2.35. The highest BCUT2D eigenvalue weighted by molar-refractivity contribution is 7.13. The van der Waals surface area contributed by atoms with Crippen molar-refractivity contribution in [2.24, 2.45) is 0 Å². The summed E-state index contributed by atoms with van der Waals surface area (Å²) < 4.78 is 1.23. The first-order valence-electron chi connectivity index (χ1n) is 6.16. The molecule has 4 nitrogen and oxygen atoms in total. The van der Waals surface area contributed by atoms with E-state index in [1.165, 1.54) is 22.1 Å². The third-order valence-corrected chi connectivity index (χ3v) is 3.93. The van der Waals surface area contributed by atoms with Crippen molar-refractivity contribution in [1.29, 1.82) is 0 Å². The second-order valence-corrected chi connectivity index (χ2v) is 5.31. The van der Waals surface area contributed by atoms with Gasteiger partial charge < -0.3 is 4.98 Å². The van der Waals surface area contributed by atoms with E-state index in [4.69, 9.17) is 0 Å². The Bertz CT molecular complexity index is 817. The van der Waals surface area contributed by atoms with Crippen molar-refractivity contribution in [2.45, 2.75) is 6.54 Å². The second-order valence-electron chi connectivity index (χ2n) is 4.36. The molecule has 0 aliphatic carbocycles. The highest BCUT2D eigenvalue weighted by Gasteiger charge is 2.10. The summed E-state index contributed by atoms with van der Waals surface area (Å²) in [4.78, 5) is 27.8. The number of rotatable bonds is 3. The summed E-state index contributed by atoms with van der Waals surface area (Å²) in [5.41, 5.74) is 0.790. The van der Waals surface area contributed by atoms with E-state index < -0.39 is 0 Å². The van der Waals surface area contributed by atoms with E-state index in [9.17, 15) is 9.59 Å². The van der Waals surface area contributed by atoms with Crippen molar-refractivity contribution in [3.8, 4) is 10.4 Å². The number of hydrogen-bond acceptors (Lipinski definition) is 3. The van der Waals surface area contributed by atoms with Crippen molar-refractivity contribution < 1.29 is 0 Å². The van der Waals surface area contributed by atoms with Crippen LogP contribution < -0.4 is 11.2 Å². The zero-order valence-corrected chi connectivity index (χ0v) is 11.4. The van der Waals surface area contributed by atoms with Gasteiger partial charge in [-0.2, -0.15) is 0 Å². The Hall–Kier alpha value is -2.40. The van der Waals surface area contributed by atoms with Crippen molar-refractivity contribution in [3.63, 3.8) is 0 Å². The molecule has 5 heteroatoms. The summed E-state index contributed by atoms with van der Waals surface area (Å²) in [6.45, 7) is 0.272. The molecular weight excluding hydrogens is 272 g/mol. The van der Waals surface area contributed by atoms with Crippen molar-refractivity contribution >= 4 is 11.3 Å². The van der Waals surface area contributed by atoms with Gasteiger partial charge in [-0.3, -0.25) is 9.36 Å². The van der Waals surface area contributed by atoms with E-state index >= 15 is 0 Å². The molecule has 2 heterocycles. The van der Waals surface area contributed by atoms with Crippen LogP contribution in [0.1, 0.15) is 5.56 Å². The second kappa shape index (κ2) is 5.30. The molecule has 0 amide bonds. The van der Waals surface area contributed by atoms with Gasteiger partial charge in [-0.1, -0.05) is 36.4 Å². The fourth-order valence-corrected chi connectivity index (χ4v) is 2.76. The van der Waals surface area contributed by atoms with Gasteiger partial charge in [0, 0.05) is 11.1 Å². The molecule has 0 aliphatic rings. The van der Waals surface area contributed by atoms with Crippen LogP contribution in [0.15, 0.2) is 63.6 Å². The Morgan fingerprint density at radius 3 is 2.55 bits per heavy atom. The summed E-state index contributed by atoms with van der Waals surface area (Å²) in [7, 11) is 0. The van der Waals surface area contributed by atoms with Gasteiger partial charge in [-0.05, 0) is 17.0 Å². The number of thiophene rings is 1. The third-order valence-electron chi connectivity index (χ3n) is 3.03. The number of H-pyrrole nitrogens is 1. The minimum absolute atomic E-state index is 0.264. The van der Waals surface area contributed by atoms with Gasteiger partial charge in [0.25, 0.3) is 5.56 Å². The Labute approximate surface area is 119 Å². The van der Waals surface area contributed by atoms with E-state index in [2.05, 4.69) is 4.98 Å². The maximum atomic E-state index is 12.4. The molecule has 0 unspecified atom stereocenters. The zero-order chi connectivity index (χ0) is 13.9. The Balaban J connectivity index is 2.10. The Kier molecular flexibility index (Phi) is 3.35. The van der Waals surface area contributed by atoms with Gasteiger partial charge in [0.1, 0.15) is 0 Å². The molecule has 100 valence electrons. The number of aromatic amines is 1. The molecule has 3 aromatic rings. The van der Waals surface area contributed by atoms with Crippen LogP contribution in [-0.2, 0) is 6.54 Å². The smallest absolute Gasteiger partial charge is 0.313 e. The van der Waals surface area contributed by atoms with Gasteiger partial charge in [0.2, 0.25) is 0 Å². The first kappa shape index (κ1) is 12.6. The summed E-state index contributed by atoms with van der Waals surface area (Å²) >= 11 is 1.48. The Morgan fingerprint density at radius 2 is 1.85 bits per heavy atom. The van der Waals surface area contributed by atoms with Crippen molar-refractivity contribution in [2.75, 3.05) is 0 Å². The highest BCUT2D eigenvalue weighted by atomic mass is 32.1. The molecule has 0 spiro atoms. The van der Waals surface area contributed by atoms with Crippen LogP contribution >= 0.6 is 11.3 Å². The lowest BCUT2D eigenvalue weighted by Gasteiger charge is -2.06. The van der Waals surface area contributed by atoms with Crippen molar-refractivity contribution in [3.05, 3.63) is 80.4 Å². The summed E-state index contributed by atoms with van der Waals surface area (Å²) in [6, 6.07) is 13.2. The molecule has 0 fully saturated rings. The normalized spacial score (nSPS) is 10.6. The highest BCUT2D eigenvalue weighted by Crippen LogP contribution is 2.19. The molecule has 2 aromatic heterocycles. The molecule has 0 saturated heterocycles. The lowest BCUT2D eigenvalue weighted by atomic mass is 10.2. The molecule has 0 aliphatic heterocycles. The van der Waals surface area contributed by atoms with E-state index in [1.54, 1.807) is 0 Å². The topological polar surface area (TPSA) is 54.9 Å². The summed E-state index contributed by atoms with van der Waals surface area (Å²) in [6.07, 6.45) is 1.48. The van der Waals surface area contributed by atoms with Crippen LogP contribution in [0.3, 0.4) is 0 Å². The van der Waals surface area contributed by atoms with Crippen LogP contribution in [0.2, 0.25) is 0 Å². The lowest BCUT2D eigenvalue weighted by molar-refractivity contribution is 0.701. The maximum Gasteiger partial charge on any atom is 0.328 e. The standard InChI is InChI=1S/C15H12N2O2S/c18-14-12(13-7-4-8-20-13)9-16-15(19)17(14)10-11-5-2-1-3-6-11/h1-9H,10H2,(H,16,19). The number of hydrogen-bond donors (Lipinski definition) is 1. The molecule has 1 aromatic carbocycles. The number of nitrogens with zero attached hydrogens (tertiary/aromatic N) is 1.